The fourth-order valence-corrected chi connectivity index (χ4v) is 8.74. The van der Waals surface area contributed by atoms with Crippen LogP contribution in [0.3, 0.4) is 0 Å². The average molecular weight is 399 g/mol. The molecule has 0 bridgehead atoms. The first-order valence-electron chi connectivity index (χ1n) is 12.1. The summed E-state index contributed by atoms with van der Waals surface area (Å²) >= 11 is 0. The first kappa shape index (κ1) is 16.8. The Morgan fingerprint density at radius 1 is 0.581 bits per heavy atom. The fourth-order valence-electron chi connectivity index (χ4n) is 8.74. The monoisotopic (exact) mass is 398 g/mol. The molecule has 4 atom stereocenters. The number of rotatable bonds is 1. The normalized spacial score (nSPS) is 30.8. The molecule has 0 heteroatoms. The summed E-state index contributed by atoms with van der Waals surface area (Å²) in [5.41, 5.74) is 8.40. The van der Waals surface area contributed by atoms with Crippen molar-refractivity contribution in [3.05, 3.63) is 108 Å². The zero-order chi connectivity index (χ0) is 20.2. The molecule has 0 amide bonds. The van der Waals surface area contributed by atoms with Crippen LogP contribution in [0.15, 0.2) is 91.0 Å². The molecule has 4 aromatic rings. The van der Waals surface area contributed by atoms with Gasteiger partial charge in [-0.05, 0) is 68.7 Å². The van der Waals surface area contributed by atoms with E-state index in [-0.39, 0.29) is 5.41 Å². The van der Waals surface area contributed by atoms with Crippen LogP contribution < -0.4 is 0 Å². The molecule has 0 aromatic heterocycles. The second-order valence-electron chi connectivity index (χ2n) is 10.3. The van der Waals surface area contributed by atoms with E-state index in [0.717, 1.165) is 11.8 Å². The van der Waals surface area contributed by atoms with Gasteiger partial charge in [-0.1, -0.05) is 104 Å². The SMILES string of the molecule is c1ccc2c(c1)-c1ccccc1C21[C@H](c2cccc3ccccc23)C12[C@@H]1CCCC[C@@H]12. The predicted octanol–water partition coefficient (Wildman–Crippen LogP) is 7.71. The second kappa shape index (κ2) is 5.49. The van der Waals surface area contributed by atoms with Crippen LogP contribution in [0, 0.1) is 17.3 Å². The van der Waals surface area contributed by atoms with Crippen molar-refractivity contribution < 1.29 is 0 Å². The van der Waals surface area contributed by atoms with Gasteiger partial charge in [-0.3, -0.25) is 0 Å². The molecule has 0 nitrogen and oxygen atoms in total. The lowest BCUT2D eigenvalue weighted by atomic mass is 9.86. The summed E-state index contributed by atoms with van der Waals surface area (Å²) in [6.45, 7) is 0. The molecular formula is C31H26. The molecule has 4 aliphatic rings. The minimum Gasteiger partial charge on any atom is -0.0619 e. The van der Waals surface area contributed by atoms with Gasteiger partial charge < -0.3 is 0 Å². The summed E-state index contributed by atoms with van der Waals surface area (Å²) in [6.07, 6.45) is 5.70. The van der Waals surface area contributed by atoms with Crippen molar-refractivity contribution in [1.82, 2.24) is 0 Å². The van der Waals surface area contributed by atoms with Gasteiger partial charge in [0.25, 0.3) is 0 Å². The number of benzene rings is 4. The van der Waals surface area contributed by atoms with Gasteiger partial charge in [-0.25, -0.2) is 0 Å². The molecule has 0 saturated heterocycles. The van der Waals surface area contributed by atoms with E-state index in [0.29, 0.717) is 11.3 Å². The van der Waals surface area contributed by atoms with E-state index >= 15 is 0 Å². The second-order valence-corrected chi connectivity index (χ2v) is 10.3. The highest BCUT2D eigenvalue weighted by atomic mass is 14.9. The van der Waals surface area contributed by atoms with Gasteiger partial charge >= 0.3 is 0 Å². The summed E-state index contributed by atoms with van der Waals surface area (Å²) in [7, 11) is 0. The zero-order valence-electron chi connectivity index (χ0n) is 17.7. The Kier molecular flexibility index (Phi) is 2.97. The maximum absolute atomic E-state index is 2.46. The third kappa shape index (κ3) is 1.71. The number of fused-ring (bicyclic) bond motifs is 10. The first-order valence-corrected chi connectivity index (χ1v) is 12.1. The van der Waals surface area contributed by atoms with Crippen LogP contribution >= 0.6 is 0 Å². The van der Waals surface area contributed by atoms with E-state index in [1.807, 2.05) is 0 Å². The van der Waals surface area contributed by atoms with E-state index in [1.165, 1.54) is 47.6 Å². The maximum atomic E-state index is 2.46. The Morgan fingerprint density at radius 3 is 1.87 bits per heavy atom. The van der Waals surface area contributed by atoms with Gasteiger partial charge in [0, 0.05) is 11.3 Å². The topological polar surface area (TPSA) is 0 Å². The van der Waals surface area contributed by atoms with Crippen LogP contribution in [-0.4, -0.2) is 0 Å². The molecule has 0 N–H and O–H groups in total. The molecule has 0 heterocycles. The van der Waals surface area contributed by atoms with Crippen LogP contribution in [0.5, 0.6) is 0 Å². The Balaban J connectivity index is 1.47. The molecule has 0 radical (unpaired) electrons. The number of hydrogen-bond acceptors (Lipinski definition) is 0. The van der Waals surface area contributed by atoms with Gasteiger partial charge in [-0.15, -0.1) is 0 Å². The summed E-state index contributed by atoms with van der Waals surface area (Å²) in [4.78, 5) is 0. The molecule has 3 saturated carbocycles. The first-order chi connectivity index (χ1) is 15.4. The lowest BCUT2D eigenvalue weighted by Crippen LogP contribution is -2.11. The largest absolute Gasteiger partial charge is 0.0619 e. The molecule has 150 valence electrons. The van der Waals surface area contributed by atoms with Crippen molar-refractivity contribution in [2.45, 2.75) is 37.0 Å². The fraction of sp³-hybridized carbons (Fsp3) is 0.290. The lowest BCUT2D eigenvalue weighted by Gasteiger charge is -2.16. The highest BCUT2D eigenvalue weighted by Crippen LogP contribution is 2.96. The van der Waals surface area contributed by atoms with Crippen molar-refractivity contribution in [2.24, 2.45) is 17.3 Å². The third-order valence-corrected chi connectivity index (χ3v) is 9.52. The standard InChI is InChI=1S/C31H26/c1-2-12-21-20(10-1)11-9-15-24(21)29-30(31(29)27-18-7-8-19-28(27)31)25-16-5-3-13-22(25)23-14-4-6-17-26(23)30/h1-6,9-17,27-29H,7-8,18-19H2/t27-,28+,29-,31?/m0/s1. The molecule has 3 fully saturated rings. The van der Waals surface area contributed by atoms with Crippen LogP contribution in [0.25, 0.3) is 21.9 Å². The van der Waals surface area contributed by atoms with Gasteiger partial charge in [0.15, 0.2) is 0 Å². The minimum atomic E-state index is 0.171. The molecule has 0 aliphatic heterocycles. The minimum absolute atomic E-state index is 0.171. The Morgan fingerprint density at radius 2 is 1.16 bits per heavy atom. The van der Waals surface area contributed by atoms with Crippen molar-refractivity contribution in [3.8, 4) is 11.1 Å². The molecule has 8 rings (SSSR count). The molecule has 2 spiro atoms. The van der Waals surface area contributed by atoms with Gasteiger partial charge in [0.1, 0.15) is 0 Å². The van der Waals surface area contributed by atoms with Crippen LogP contribution in [0.1, 0.15) is 48.3 Å². The van der Waals surface area contributed by atoms with E-state index < -0.39 is 0 Å². The van der Waals surface area contributed by atoms with Gasteiger partial charge in [0.05, 0.1) is 0 Å². The summed E-state index contributed by atoms with van der Waals surface area (Å²) in [5.74, 6) is 2.39. The Labute approximate surface area is 183 Å². The third-order valence-electron chi connectivity index (χ3n) is 9.52. The van der Waals surface area contributed by atoms with Crippen LogP contribution in [0.2, 0.25) is 0 Å². The zero-order valence-corrected chi connectivity index (χ0v) is 17.7. The maximum Gasteiger partial charge on any atom is 0.0357 e. The molecule has 31 heavy (non-hydrogen) atoms. The average Bonchev–Trinajstić information content (AvgIpc) is 3.67. The van der Waals surface area contributed by atoms with Crippen LogP contribution in [0.4, 0.5) is 0 Å². The lowest BCUT2D eigenvalue weighted by molar-refractivity contribution is 0.480. The van der Waals surface area contributed by atoms with E-state index in [4.69, 9.17) is 0 Å². The highest BCUT2D eigenvalue weighted by molar-refractivity contribution is 5.92. The van der Waals surface area contributed by atoms with Crippen molar-refractivity contribution >= 4 is 10.8 Å². The van der Waals surface area contributed by atoms with Crippen molar-refractivity contribution in [3.63, 3.8) is 0 Å². The molecule has 1 unspecified atom stereocenters. The molecule has 4 aliphatic carbocycles. The van der Waals surface area contributed by atoms with Gasteiger partial charge in [-0.2, -0.15) is 0 Å². The molecule has 4 aromatic carbocycles. The van der Waals surface area contributed by atoms with E-state index in [9.17, 15) is 0 Å². The van der Waals surface area contributed by atoms with Crippen molar-refractivity contribution in [1.29, 1.82) is 0 Å². The predicted molar refractivity (Wildman–Crippen MR) is 127 cm³/mol. The quantitative estimate of drug-likeness (QED) is 0.308. The summed E-state index contributed by atoms with van der Waals surface area (Å²) in [6, 6.07) is 34.8. The Bertz CT molecular complexity index is 1310. The smallest absolute Gasteiger partial charge is 0.0357 e. The summed E-state index contributed by atoms with van der Waals surface area (Å²) < 4.78 is 0. The summed E-state index contributed by atoms with van der Waals surface area (Å²) in [5, 5.41) is 2.86. The van der Waals surface area contributed by atoms with Crippen molar-refractivity contribution in [2.75, 3.05) is 0 Å². The van der Waals surface area contributed by atoms with Crippen LogP contribution in [-0.2, 0) is 5.41 Å². The Hall–Kier alpha value is -2.86. The number of hydrogen-bond donors (Lipinski definition) is 0. The highest BCUT2D eigenvalue weighted by Gasteiger charge is 2.93. The van der Waals surface area contributed by atoms with E-state index in [2.05, 4.69) is 91.0 Å². The van der Waals surface area contributed by atoms with E-state index in [1.54, 1.807) is 16.7 Å². The van der Waals surface area contributed by atoms with Gasteiger partial charge in [0.2, 0.25) is 0 Å². The molecular weight excluding hydrogens is 372 g/mol.